The van der Waals surface area contributed by atoms with Gasteiger partial charge in [0, 0.05) is 31.4 Å². The van der Waals surface area contributed by atoms with Gasteiger partial charge < -0.3 is 16.0 Å². The van der Waals surface area contributed by atoms with Crippen molar-refractivity contribution in [3.05, 3.63) is 22.9 Å². The average Bonchev–Trinajstić information content (AvgIpc) is 2.46. The van der Waals surface area contributed by atoms with Crippen molar-refractivity contribution in [2.24, 2.45) is 5.73 Å². The van der Waals surface area contributed by atoms with Crippen molar-refractivity contribution in [3.8, 4) is 0 Å². The van der Waals surface area contributed by atoms with Gasteiger partial charge in [0.15, 0.2) is 0 Å². The van der Waals surface area contributed by atoms with Crippen LogP contribution in [0.25, 0.3) is 0 Å². The summed E-state index contributed by atoms with van der Waals surface area (Å²) in [4.78, 5) is 18.8. The van der Waals surface area contributed by atoms with Crippen LogP contribution in [-0.4, -0.2) is 36.6 Å². The second-order valence-electron chi connectivity index (χ2n) is 5.84. The number of aryl methyl sites for hydroxylation is 2. The van der Waals surface area contributed by atoms with E-state index in [0.717, 1.165) is 44.0 Å². The molecule has 1 saturated heterocycles. The van der Waals surface area contributed by atoms with Crippen molar-refractivity contribution in [1.82, 2.24) is 10.3 Å². The number of nitrogens with zero attached hydrogens (tertiary/aromatic N) is 2. The molecule has 2 aliphatic rings. The minimum Gasteiger partial charge on any atom is -0.365 e. The molecule has 5 nitrogen and oxygen atoms in total. The Bertz CT molecular complexity index is 529. The molecular formula is C15H22N4O. The smallest absolute Gasteiger partial charge is 0.252 e. The van der Waals surface area contributed by atoms with Gasteiger partial charge in [-0.25, -0.2) is 4.98 Å². The Hall–Kier alpha value is -1.62. The number of aromatic nitrogens is 1. The number of fused-ring (bicyclic) bond motifs is 1. The zero-order valence-electron chi connectivity index (χ0n) is 12.0. The predicted octanol–water partition coefficient (Wildman–Crippen LogP) is 0.857. The van der Waals surface area contributed by atoms with Crippen molar-refractivity contribution in [1.29, 1.82) is 0 Å². The number of pyridine rings is 1. The standard InChI is InChI=1S/C15H22N4O/c1-10-9-19(7-6-17-10)15-12(14(16)20)8-11-4-2-3-5-13(11)18-15/h8,10,17H,2-7,9H2,1H3,(H2,16,20)/t10-/m1/s1. The van der Waals surface area contributed by atoms with Crippen LogP contribution in [-0.2, 0) is 12.8 Å². The van der Waals surface area contributed by atoms with Crippen LogP contribution in [0.2, 0.25) is 0 Å². The van der Waals surface area contributed by atoms with Gasteiger partial charge in [-0.3, -0.25) is 4.79 Å². The Morgan fingerprint density at radius 2 is 2.25 bits per heavy atom. The largest absolute Gasteiger partial charge is 0.365 e. The molecule has 0 saturated carbocycles. The lowest BCUT2D eigenvalue weighted by Crippen LogP contribution is -2.50. The minimum absolute atomic E-state index is 0.368. The normalized spacial score (nSPS) is 22.4. The molecule has 0 bridgehead atoms. The van der Waals surface area contributed by atoms with E-state index in [1.807, 2.05) is 6.07 Å². The van der Waals surface area contributed by atoms with Gasteiger partial charge in [0.1, 0.15) is 5.82 Å². The van der Waals surface area contributed by atoms with Gasteiger partial charge in [-0.2, -0.15) is 0 Å². The Balaban J connectivity index is 2.01. The zero-order chi connectivity index (χ0) is 14.1. The summed E-state index contributed by atoms with van der Waals surface area (Å²) < 4.78 is 0. The van der Waals surface area contributed by atoms with Crippen molar-refractivity contribution >= 4 is 11.7 Å². The van der Waals surface area contributed by atoms with E-state index in [-0.39, 0.29) is 5.91 Å². The maximum absolute atomic E-state index is 11.8. The highest BCUT2D eigenvalue weighted by Crippen LogP contribution is 2.27. The molecule has 0 aromatic carbocycles. The summed E-state index contributed by atoms with van der Waals surface area (Å²) in [5.74, 6) is 0.415. The summed E-state index contributed by atoms with van der Waals surface area (Å²) in [6, 6.07) is 2.38. The summed E-state index contributed by atoms with van der Waals surface area (Å²) in [7, 11) is 0. The summed E-state index contributed by atoms with van der Waals surface area (Å²) in [5.41, 5.74) is 8.51. The number of carbonyl (C=O) groups is 1. The number of anilines is 1. The van der Waals surface area contributed by atoms with E-state index < -0.39 is 0 Å². The summed E-state index contributed by atoms with van der Waals surface area (Å²) in [6.45, 7) is 4.80. The molecule has 0 spiro atoms. The molecule has 3 rings (SSSR count). The first-order chi connectivity index (χ1) is 9.65. The van der Waals surface area contributed by atoms with Gasteiger partial charge in [0.2, 0.25) is 0 Å². The van der Waals surface area contributed by atoms with E-state index in [2.05, 4.69) is 17.1 Å². The van der Waals surface area contributed by atoms with Crippen LogP contribution in [0.5, 0.6) is 0 Å². The van der Waals surface area contributed by atoms with Crippen LogP contribution < -0.4 is 16.0 Å². The number of rotatable bonds is 2. The molecule has 0 radical (unpaired) electrons. The van der Waals surface area contributed by atoms with Gasteiger partial charge in [-0.1, -0.05) is 0 Å². The number of hydrogen-bond donors (Lipinski definition) is 2. The summed E-state index contributed by atoms with van der Waals surface area (Å²) in [6.07, 6.45) is 4.40. The molecule has 2 heterocycles. The molecule has 1 aromatic heterocycles. The molecule has 1 amide bonds. The number of primary amides is 1. The fourth-order valence-electron chi connectivity index (χ4n) is 3.17. The van der Waals surface area contributed by atoms with Crippen LogP contribution in [0.4, 0.5) is 5.82 Å². The quantitative estimate of drug-likeness (QED) is 0.839. The Morgan fingerprint density at radius 3 is 3.00 bits per heavy atom. The summed E-state index contributed by atoms with van der Waals surface area (Å²) >= 11 is 0. The van der Waals surface area contributed by atoms with Crippen molar-refractivity contribution < 1.29 is 4.79 Å². The Kier molecular flexibility index (Phi) is 3.61. The topological polar surface area (TPSA) is 71.2 Å². The van der Waals surface area contributed by atoms with E-state index in [0.29, 0.717) is 11.6 Å². The molecule has 1 aliphatic carbocycles. The van der Waals surface area contributed by atoms with Crippen LogP contribution >= 0.6 is 0 Å². The van der Waals surface area contributed by atoms with E-state index in [1.54, 1.807) is 0 Å². The molecular weight excluding hydrogens is 252 g/mol. The maximum atomic E-state index is 11.8. The monoisotopic (exact) mass is 274 g/mol. The van der Waals surface area contributed by atoms with Crippen LogP contribution in [0.15, 0.2) is 6.07 Å². The SMILES string of the molecule is C[C@@H]1CN(c2nc3c(cc2C(N)=O)CCCC3)CCN1. The molecule has 3 N–H and O–H groups in total. The molecule has 20 heavy (non-hydrogen) atoms. The molecule has 1 atom stereocenters. The second-order valence-corrected chi connectivity index (χ2v) is 5.84. The Morgan fingerprint density at radius 1 is 1.45 bits per heavy atom. The predicted molar refractivity (Wildman–Crippen MR) is 79.1 cm³/mol. The maximum Gasteiger partial charge on any atom is 0.252 e. The number of piperazine rings is 1. The fraction of sp³-hybridized carbons (Fsp3) is 0.600. The van der Waals surface area contributed by atoms with Gasteiger partial charge in [-0.05, 0) is 44.2 Å². The number of amides is 1. The van der Waals surface area contributed by atoms with E-state index in [4.69, 9.17) is 10.7 Å². The van der Waals surface area contributed by atoms with Crippen LogP contribution in [0, 0.1) is 0 Å². The first-order valence-electron chi connectivity index (χ1n) is 7.46. The lowest BCUT2D eigenvalue weighted by atomic mass is 9.94. The molecule has 0 unspecified atom stereocenters. The second kappa shape index (κ2) is 5.40. The van der Waals surface area contributed by atoms with Crippen LogP contribution in [0.3, 0.4) is 0 Å². The van der Waals surface area contributed by atoms with Crippen molar-refractivity contribution in [2.45, 2.75) is 38.6 Å². The molecule has 108 valence electrons. The number of hydrogen-bond acceptors (Lipinski definition) is 4. The Labute approximate surface area is 119 Å². The lowest BCUT2D eigenvalue weighted by molar-refractivity contribution is 0.1000. The zero-order valence-corrected chi connectivity index (χ0v) is 12.0. The van der Waals surface area contributed by atoms with Crippen molar-refractivity contribution in [3.63, 3.8) is 0 Å². The van der Waals surface area contributed by atoms with Gasteiger partial charge in [0.05, 0.1) is 5.56 Å². The molecule has 1 aliphatic heterocycles. The van der Waals surface area contributed by atoms with Gasteiger partial charge >= 0.3 is 0 Å². The average molecular weight is 274 g/mol. The minimum atomic E-state index is -0.368. The third-order valence-corrected chi connectivity index (χ3v) is 4.21. The number of carbonyl (C=O) groups excluding carboxylic acids is 1. The lowest BCUT2D eigenvalue weighted by Gasteiger charge is -2.34. The highest BCUT2D eigenvalue weighted by atomic mass is 16.1. The van der Waals surface area contributed by atoms with E-state index >= 15 is 0 Å². The van der Waals surface area contributed by atoms with Crippen LogP contribution in [0.1, 0.15) is 41.4 Å². The number of nitrogens with two attached hydrogens (primary N) is 1. The molecule has 1 fully saturated rings. The van der Waals surface area contributed by atoms with E-state index in [1.165, 1.54) is 18.4 Å². The van der Waals surface area contributed by atoms with Crippen molar-refractivity contribution in [2.75, 3.05) is 24.5 Å². The number of nitrogens with one attached hydrogen (secondary N) is 1. The molecule has 5 heteroatoms. The fourth-order valence-corrected chi connectivity index (χ4v) is 3.17. The summed E-state index contributed by atoms with van der Waals surface area (Å²) in [5, 5.41) is 3.41. The van der Waals surface area contributed by atoms with Gasteiger partial charge in [-0.15, -0.1) is 0 Å². The third kappa shape index (κ3) is 2.50. The van der Waals surface area contributed by atoms with Gasteiger partial charge in [0.25, 0.3) is 5.91 Å². The first-order valence-corrected chi connectivity index (χ1v) is 7.46. The third-order valence-electron chi connectivity index (χ3n) is 4.21. The highest BCUT2D eigenvalue weighted by Gasteiger charge is 2.24. The highest BCUT2D eigenvalue weighted by molar-refractivity contribution is 5.98. The van der Waals surface area contributed by atoms with E-state index in [9.17, 15) is 4.79 Å². The first kappa shape index (κ1) is 13.4. The molecule has 1 aromatic rings.